The van der Waals surface area contributed by atoms with E-state index in [1.165, 1.54) is 0 Å². The first-order valence-electron chi connectivity index (χ1n) is 5.73. The van der Waals surface area contributed by atoms with Crippen molar-refractivity contribution in [2.75, 3.05) is 19.5 Å². The minimum absolute atomic E-state index is 0.0344. The summed E-state index contributed by atoms with van der Waals surface area (Å²) in [6.07, 6.45) is 1.22. The average Bonchev–Trinajstić information content (AvgIpc) is 2.38. The van der Waals surface area contributed by atoms with Gasteiger partial charge in [-0.15, -0.1) is 0 Å². The number of carbonyl (C=O) groups is 1. The minimum Gasteiger partial charge on any atom is -0.497 e. The van der Waals surface area contributed by atoms with Gasteiger partial charge in [-0.3, -0.25) is 4.79 Å². The van der Waals surface area contributed by atoms with Crippen LogP contribution in [0.2, 0.25) is 0 Å². The van der Waals surface area contributed by atoms with Gasteiger partial charge in [0.05, 0.1) is 18.9 Å². The van der Waals surface area contributed by atoms with Crippen molar-refractivity contribution >= 4 is 27.5 Å². The second kappa shape index (κ2) is 7.38. The van der Waals surface area contributed by atoms with Crippen molar-refractivity contribution in [3.8, 4) is 5.75 Å². The van der Waals surface area contributed by atoms with Gasteiger partial charge in [0.25, 0.3) is 0 Å². The Labute approximate surface area is 116 Å². The van der Waals surface area contributed by atoms with Crippen LogP contribution in [0.3, 0.4) is 0 Å². The molecule has 5 heteroatoms. The molecule has 1 amide bonds. The third kappa shape index (κ3) is 4.66. The van der Waals surface area contributed by atoms with Crippen molar-refractivity contribution < 1.29 is 14.3 Å². The first kappa shape index (κ1) is 15.0. The first-order chi connectivity index (χ1) is 8.56. The monoisotopic (exact) mass is 315 g/mol. The van der Waals surface area contributed by atoms with Gasteiger partial charge < -0.3 is 14.8 Å². The molecule has 0 heterocycles. The summed E-state index contributed by atoms with van der Waals surface area (Å²) in [7, 11) is 3.23. The van der Waals surface area contributed by atoms with E-state index in [9.17, 15) is 4.79 Å². The van der Waals surface area contributed by atoms with Gasteiger partial charge in [-0.05, 0) is 41.4 Å². The number of benzene rings is 1. The van der Waals surface area contributed by atoms with Gasteiger partial charge in [0, 0.05) is 24.1 Å². The fourth-order valence-electron chi connectivity index (χ4n) is 1.39. The summed E-state index contributed by atoms with van der Waals surface area (Å²) in [5, 5.41) is 2.84. The van der Waals surface area contributed by atoms with E-state index < -0.39 is 0 Å². The summed E-state index contributed by atoms with van der Waals surface area (Å²) in [6.45, 7) is 1.94. The van der Waals surface area contributed by atoms with Gasteiger partial charge in [-0.1, -0.05) is 0 Å². The highest BCUT2D eigenvalue weighted by Gasteiger charge is 2.09. The quantitative estimate of drug-likeness (QED) is 0.876. The molecule has 0 bridgehead atoms. The van der Waals surface area contributed by atoms with Crippen LogP contribution in [-0.4, -0.2) is 26.2 Å². The lowest BCUT2D eigenvalue weighted by Gasteiger charge is -2.11. The van der Waals surface area contributed by atoms with Crippen LogP contribution < -0.4 is 10.1 Å². The molecule has 1 rings (SSSR count). The Bertz CT molecular complexity index is 409. The van der Waals surface area contributed by atoms with E-state index >= 15 is 0 Å². The van der Waals surface area contributed by atoms with Crippen molar-refractivity contribution in [1.29, 1.82) is 0 Å². The van der Waals surface area contributed by atoms with Crippen LogP contribution in [-0.2, 0) is 9.53 Å². The summed E-state index contributed by atoms with van der Waals surface area (Å²) in [4.78, 5) is 11.8. The number of nitrogens with one attached hydrogen (secondary N) is 1. The second-order valence-corrected chi connectivity index (χ2v) is 4.83. The number of hydrogen-bond acceptors (Lipinski definition) is 3. The van der Waals surface area contributed by atoms with Crippen molar-refractivity contribution in [1.82, 2.24) is 0 Å². The van der Waals surface area contributed by atoms with Gasteiger partial charge >= 0.3 is 0 Å². The van der Waals surface area contributed by atoms with E-state index in [2.05, 4.69) is 21.2 Å². The molecule has 1 N–H and O–H groups in total. The minimum atomic E-state index is -0.0344. The lowest BCUT2D eigenvalue weighted by molar-refractivity contribution is -0.116. The van der Waals surface area contributed by atoms with Gasteiger partial charge in [0.15, 0.2) is 0 Å². The molecule has 1 atom stereocenters. The Morgan fingerprint density at radius 2 is 2.17 bits per heavy atom. The summed E-state index contributed by atoms with van der Waals surface area (Å²) in [5.41, 5.74) is 0.712. The fourth-order valence-corrected chi connectivity index (χ4v) is 1.74. The first-order valence-corrected chi connectivity index (χ1v) is 6.52. The third-order valence-electron chi connectivity index (χ3n) is 2.63. The smallest absolute Gasteiger partial charge is 0.224 e. The van der Waals surface area contributed by atoms with E-state index in [4.69, 9.17) is 9.47 Å². The summed E-state index contributed by atoms with van der Waals surface area (Å²) in [5.74, 6) is 0.673. The van der Waals surface area contributed by atoms with Gasteiger partial charge in [0.2, 0.25) is 5.91 Å². The Hall–Kier alpha value is -1.07. The standard InChI is InChI=1S/C13H18BrNO3/c1-9(17-2)4-7-13(16)15-12-8-10(18-3)5-6-11(12)14/h5-6,8-9H,4,7H2,1-3H3,(H,15,16). The maximum atomic E-state index is 11.8. The molecule has 0 saturated heterocycles. The molecule has 0 aromatic heterocycles. The molecule has 1 aromatic carbocycles. The molecule has 0 aliphatic carbocycles. The molecule has 0 fully saturated rings. The predicted molar refractivity (Wildman–Crippen MR) is 75.0 cm³/mol. The lowest BCUT2D eigenvalue weighted by atomic mass is 10.2. The highest BCUT2D eigenvalue weighted by atomic mass is 79.9. The van der Waals surface area contributed by atoms with Crippen LogP contribution in [0.1, 0.15) is 19.8 Å². The van der Waals surface area contributed by atoms with Crippen molar-refractivity contribution in [3.05, 3.63) is 22.7 Å². The zero-order chi connectivity index (χ0) is 13.5. The summed E-state index contributed by atoms with van der Waals surface area (Å²) < 4.78 is 11.0. The number of amides is 1. The second-order valence-electron chi connectivity index (χ2n) is 3.98. The van der Waals surface area contributed by atoms with Crippen molar-refractivity contribution in [2.45, 2.75) is 25.9 Å². The average molecular weight is 316 g/mol. The zero-order valence-electron chi connectivity index (χ0n) is 10.8. The topological polar surface area (TPSA) is 47.6 Å². The molecule has 0 saturated carbocycles. The number of hydrogen-bond donors (Lipinski definition) is 1. The van der Waals surface area contributed by atoms with Crippen molar-refractivity contribution in [3.63, 3.8) is 0 Å². The van der Waals surface area contributed by atoms with Crippen LogP contribution >= 0.6 is 15.9 Å². The number of methoxy groups -OCH3 is 2. The maximum absolute atomic E-state index is 11.8. The molecular weight excluding hydrogens is 298 g/mol. The molecule has 18 heavy (non-hydrogen) atoms. The normalized spacial score (nSPS) is 12.0. The number of carbonyl (C=O) groups excluding carboxylic acids is 1. The molecule has 0 aliphatic heterocycles. The maximum Gasteiger partial charge on any atom is 0.224 e. The summed E-state index contributed by atoms with van der Waals surface area (Å²) in [6, 6.07) is 5.45. The molecule has 100 valence electrons. The molecule has 4 nitrogen and oxygen atoms in total. The number of rotatable bonds is 6. The number of ether oxygens (including phenoxy) is 2. The lowest BCUT2D eigenvalue weighted by Crippen LogP contribution is -2.15. The van der Waals surface area contributed by atoms with Crippen LogP contribution in [0.15, 0.2) is 22.7 Å². The SMILES string of the molecule is COc1ccc(Br)c(NC(=O)CCC(C)OC)c1. The van der Waals surface area contributed by atoms with Crippen LogP contribution in [0.5, 0.6) is 5.75 Å². The Morgan fingerprint density at radius 3 is 2.78 bits per heavy atom. The molecular formula is C13H18BrNO3. The van der Waals surface area contributed by atoms with Crippen LogP contribution in [0.25, 0.3) is 0 Å². The Morgan fingerprint density at radius 1 is 1.44 bits per heavy atom. The summed E-state index contributed by atoms with van der Waals surface area (Å²) >= 11 is 3.39. The fraction of sp³-hybridized carbons (Fsp3) is 0.462. The largest absolute Gasteiger partial charge is 0.497 e. The number of anilines is 1. The predicted octanol–water partition coefficient (Wildman–Crippen LogP) is 3.21. The highest BCUT2D eigenvalue weighted by Crippen LogP contribution is 2.27. The van der Waals surface area contributed by atoms with Gasteiger partial charge in [0.1, 0.15) is 5.75 Å². The van der Waals surface area contributed by atoms with Crippen molar-refractivity contribution in [2.24, 2.45) is 0 Å². The molecule has 0 aliphatic rings. The Kier molecular flexibility index (Phi) is 6.15. The van der Waals surface area contributed by atoms with E-state index in [0.717, 1.165) is 4.47 Å². The number of halogens is 1. The molecule has 1 aromatic rings. The highest BCUT2D eigenvalue weighted by molar-refractivity contribution is 9.10. The van der Waals surface area contributed by atoms with Crippen LogP contribution in [0.4, 0.5) is 5.69 Å². The van der Waals surface area contributed by atoms with E-state index in [1.807, 2.05) is 19.1 Å². The van der Waals surface area contributed by atoms with Gasteiger partial charge in [-0.25, -0.2) is 0 Å². The molecule has 0 radical (unpaired) electrons. The van der Waals surface area contributed by atoms with E-state index in [1.54, 1.807) is 20.3 Å². The van der Waals surface area contributed by atoms with Crippen LogP contribution in [0, 0.1) is 0 Å². The molecule has 1 unspecified atom stereocenters. The van der Waals surface area contributed by atoms with E-state index in [0.29, 0.717) is 24.3 Å². The van der Waals surface area contributed by atoms with Gasteiger partial charge in [-0.2, -0.15) is 0 Å². The van der Waals surface area contributed by atoms with E-state index in [-0.39, 0.29) is 12.0 Å². The molecule has 0 spiro atoms. The Balaban J connectivity index is 2.58. The zero-order valence-corrected chi connectivity index (χ0v) is 12.4. The third-order valence-corrected chi connectivity index (χ3v) is 3.32.